The third kappa shape index (κ3) is 5.56. The molecule has 0 aliphatic carbocycles. The van der Waals surface area contributed by atoms with Crippen LogP contribution in [0.4, 0.5) is 15.0 Å². The summed E-state index contributed by atoms with van der Waals surface area (Å²) in [6.07, 6.45) is 6.74. The summed E-state index contributed by atoms with van der Waals surface area (Å²) in [5.74, 6) is 0.140. The molecule has 0 radical (unpaired) electrons. The molecule has 0 spiro atoms. The van der Waals surface area contributed by atoms with Crippen molar-refractivity contribution in [3.63, 3.8) is 0 Å². The van der Waals surface area contributed by atoms with E-state index in [0.29, 0.717) is 37.4 Å². The van der Waals surface area contributed by atoms with Gasteiger partial charge in [-0.1, -0.05) is 25.4 Å². The van der Waals surface area contributed by atoms with Gasteiger partial charge < -0.3 is 19.3 Å². The maximum atomic E-state index is 15.5. The van der Waals surface area contributed by atoms with Crippen LogP contribution in [0.2, 0.25) is 5.02 Å². The summed E-state index contributed by atoms with van der Waals surface area (Å²) in [6.45, 7) is 13.9. The minimum Gasteiger partial charge on any atom is -0.461 e. The Morgan fingerprint density at radius 2 is 1.85 bits per heavy atom. The molecule has 1 aromatic carbocycles. The van der Waals surface area contributed by atoms with E-state index in [1.54, 1.807) is 11.0 Å². The van der Waals surface area contributed by atoms with Crippen LogP contribution in [0.1, 0.15) is 78.7 Å². The van der Waals surface area contributed by atoms with Crippen molar-refractivity contribution in [2.24, 2.45) is 0 Å². The molecular weight excluding hydrogens is 533 g/mol. The second-order valence-electron chi connectivity index (χ2n) is 12.3. The van der Waals surface area contributed by atoms with Gasteiger partial charge in [-0.25, -0.2) is 9.18 Å². The molecule has 6 rings (SSSR count). The van der Waals surface area contributed by atoms with Crippen LogP contribution in [-0.4, -0.2) is 82.4 Å². The Morgan fingerprint density at radius 1 is 1.12 bits per heavy atom. The predicted octanol–water partition coefficient (Wildman–Crippen LogP) is 6.22. The molecular formula is C30H43ClFN5O3. The number of amides is 1. The van der Waals surface area contributed by atoms with Gasteiger partial charge in [0, 0.05) is 31.1 Å². The van der Waals surface area contributed by atoms with E-state index in [0.717, 1.165) is 50.8 Å². The van der Waals surface area contributed by atoms with Crippen molar-refractivity contribution >= 4 is 34.4 Å². The van der Waals surface area contributed by atoms with Gasteiger partial charge in [0.05, 0.1) is 10.6 Å². The Hall–Kier alpha value is -2.39. The minimum absolute atomic E-state index is 0.0313. The number of nitrogens with zero attached hydrogens (tertiary/aromatic N) is 5. The Morgan fingerprint density at radius 3 is 2.55 bits per heavy atom. The van der Waals surface area contributed by atoms with Crippen LogP contribution < -0.4 is 9.64 Å². The summed E-state index contributed by atoms with van der Waals surface area (Å²) in [4.78, 5) is 28.9. The van der Waals surface area contributed by atoms with Crippen molar-refractivity contribution in [1.82, 2.24) is 19.8 Å². The zero-order valence-electron chi connectivity index (χ0n) is 24.6. The molecule has 1 unspecified atom stereocenters. The highest BCUT2D eigenvalue weighted by Gasteiger charge is 2.45. The molecule has 0 bridgehead atoms. The Kier molecular flexibility index (Phi) is 8.35. The van der Waals surface area contributed by atoms with Gasteiger partial charge in [0.15, 0.2) is 5.82 Å². The molecule has 10 heteroatoms. The highest BCUT2D eigenvalue weighted by atomic mass is 35.5. The first-order chi connectivity index (χ1) is 19.1. The number of hydrogen-bond acceptors (Lipinski definition) is 7. The predicted molar refractivity (Wildman–Crippen MR) is 156 cm³/mol. The van der Waals surface area contributed by atoms with E-state index in [1.807, 2.05) is 34.6 Å². The van der Waals surface area contributed by atoms with Crippen LogP contribution in [-0.2, 0) is 11.2 Å². The number of ether oxygens (including phenoxy) is 2. The average molecular weight is 576 g/mol. The maximum Gasteiger partial charge on any atom is 0.410 e. The summed E-state index contributed by atoms with van der Waals surface area (Å²) in [7, 11) is 0. The Labute approximate surface area is 242 Å². The third-order valence-electron chi connectivity index (χ3n) is 8.58. The average Bonchev–Trinajstić information content (AvgIpc) is 3.49. The number of benzene rings is 1. The highest BCUT2D eigenvalue weighted by molar-refractivity contribution is 6.31. The van der Waals surface area contributed by atoms with E-state index in [4.69, 9.17) is 26.1 Å². The molecule has 220 valence electrons. The molecule has 3 fully saturated rings. The monoisotopic (exact) mass is 575 g/mol. The molecule has 5 heterocycles. The molecule has 4 aliphatic heterocycles. The molecule has 1 atom stereocenters. The van der Waals surface area contributed by atoms with Crippen molar-refractivity contribution in [1.29, 1.82) is 0 Å². The fourth-order valence-corrected chi connectivity index (χ4v) is 7.04. The zero-order chi connectivity index (χ0) is 28.7. The van der Waals surface area contributed by atoms with Crippen LogP contribution in [0.15, 0.2) is 6.07 Å². The van der Waals surface area contributed by atoms with Gasteiger partial charge in [-0.2, -0.15) is 9.97 Å². The number of rotatable bonds is 3. The minimum atomic E-state index is -0.552. The molecule has 4 aliphatic rings. The van der Waals surface area contributed by atoms with E-state index in [2.05, 4.69) is 14.8 Å². The largest absolute Gasteiger partial charge is 0.461 e. The summed E-state index contributed by atoms with van der Waals surface area (Å²) < 4.78 is 27.4. The number of aromatic nitrogens is 2. The lowest BCUT2D eigenvalue weighted by atomic mass is 9.95. The van der Waals surface area contributed by atoms with E-state index >= 15 is 4.39 Å². The van der Waals surface area contributed by atoms with Gasteiger partial charge in [-0.05, 0) is 90.4 Å². The summed E-state index contributed by atoms with van der Waals surface area (Å²) in [5, 5.41) is 0.780. The van der Waals surface area contributed by atoms with E-state index in [9.17, 15) is 4.79 Å². The molecule has 1 aromatic heterocycles. The van der Waals surface area contributed by atoms with Gasteiger partial charge >= 0.3 is 12.1 Å². The quantitative estimate of drug-likeness (QED) is 0.430. The standard InChI is InChI=1S/C28H37ClFN5O3.C2H6/c1-27(2,3)38-26(36)33-13-14-35-19(16-33)8-4-7-18-15-20(29)22(30)23-21(18)24(35)32-25(31-23)37-17-28-9-5-11-34(28)12-6-10-28;1-2/h15,19H,4-14,16-17H2,1-3H3;1-2H3. The van der Waals surface area contributed by atoms with Crippen LogP contribution in [0.5, 0.6) is 6.01 Å². The van der Waals surface area contributed by atoms with Crippen molar-refractivity contribution in [2.75, 3.05) is 44.2 Å². The molecule has 8 nitrogen and oxygen atoms in total. The lowest BCUT2D eigenvalue weighted by molar-refractivity contribution is 0.0211. The third-order valence-corrected chi connectivity index (χ3v) is 8.86. The van der Waals surface area contributed by atoms with Crippen LogP contribution >= 0.6 is 11.6 Å². The van der Waals surface area contributed by atoms with E-state index in [1.165, 1.54) is 12.8 Å². The lowest BCUT2D eigenvalue weighted by Crippen LogP contribution is -2.56. The van der Waals surface area contributed by atoms with Crippen LogP contribution in [0.3, 0.4) is 0 Å². The molecule has 2 aromatic rings. The lowest BCUT2D eigenvalue weighted by Gasteiger charge is -2.43. The van der Waals surface area contributed by atoms with Gasteiger partial charge in [-0.15, -0.1) is 0 Å². The molecule has 3 saturated heterocycles. The fraction of sp³-hybridized carbons (Fsp3) is 0.700. The molecule has 0 saturated carbocycles. The fourth-order valence-electron chi connectivity index (χ4n) is 6.82. The first-order valence-electron chi connectivity index (χ1n) is 14.9. The topological polar surface area (TPSA) is 71.0 Å². The number of hydrogen-bond donors (Lipinski definition) is 0. The number of carbonyl (C=O) groups is 1. The maximum absolute atomic E-state index is 15.5. The van der Waals surface area contributed by atoms with Gasteiger partial charge in [-0.3, -0.25) is 4.90 Å². The number of halogens is 2. The number of anilines is 1. The van der Waals surface area contributed by atoms with Gasteiger partial charge in [0.1, 0.15) is 23.5 Å². The summed E-state index contributed by atoms with van der Waals surface area (Å²) in [6, 6.07) is 1.95. The van der Waals surface area contributed by atoms with Gasteiger partial charge in [0.2, 0.25) is 0 Å². The van der Waals surface area contributed by atoms with Crippen molar-refractivity contribution in [3.05, 3.63) is 22.5 Å². The van der Waals surface area contributed by atoms with Crippen molar-refractivity contribution in [3.8, 4) is 6.01 Å². The molecule has 0 N–H and O–H groups in total. The first-order valence-corrected chi connectivity index (χ1v) is 15.3. The summed E-state index contributed by atoms with van der Waals surface area (Å²) in [5.41, 5.74) is 0.653. The second-order valence-corrected chi connectivity index (χ2v) is 12.7. The summed E-state index contributed by atoms with van der Waals surface area (Å²) >= 11 is 6.34. The zero-order valence-corrected chi connectivity index (χ0v) is 25.3. The SMILES string of the molecule is CC.CC(C)(C)OC(=O)N1CCN2c3nc(OCC45CCCN4CCC5)nc4c(F)c(Cl)cc(c34)CCCC2C1. The Bertz CT molecular complexity index is 1240. The smallest absolute Gasteiger partial charge is 0.410 e. The molecule has 1 amide bonds. The second kappa shape index (κ2) is 11.5. The van der Waals surface area contributed by atoms with Gasteiger partial charge in [0.25, 0.3) is 0 Å². The molecule has 40 heavy (non-hydrogen) atoms. The number of fused-ring (bicyclic) bond motifs is 3. The van der Waals surface area contributed by atoms with Crippen molar-refractivity contribution in [2.45, 2.75) is 96.7 Å². The Balaban J connectivity index is 0.00000158. The number of aryl methyl sites for hydroxylation is 1. The first kappa shape index (κ1) is 29.1. The number of piperazine rings is 1. The number of carbonyl (C=O) groups excluding carboxylic acids is 1. The normalized spacial score (nSPS) is 22.1. The van der Waals surface area contributed by atoms with E-state index in [-0.39, 0.29) is 34.2 Å². The van der Waals surface area contributed by atoms with E-state index < -0.39 is 11.4 Å². The van der Waals surface area contributed by atoms with Crippen LogP contribution in [0.25, 0.3) is 10.9 Å². The van der Waals surface area contributed by atoms with Crippen molar-refractivity contribution < 1.29 is 18.7 Å². The highest BCUT2D eigenvalue weighted by Crippen LogP contribution is 2.41. The van der Waals surface area contributed by atoms with Crippen LogP contribution in [0, 0.1) is 5.82 Å².